The number of carboxylic acids is 1. The normalized spacial score (nSPS) is 10.2. The second-order valence-corrected chi connectivity index (χ2v) is 5.38. The molecule has 2 aromatic rings. The van der Waals surface area contributed by atoms with Gasteiger partial charge in [0, 0.05) is 10.0 Å². The Kier molecular flexibility index (Phi) is 4.50. The molecule has 21 heavy (non-hydrogen) atoms. The number of hydrogen-bond acceptors (Lipinski definition) is 3. The van der Waals surface area contributed by atoms with Gasteiger partial charge in [-0.05, 0) is 52.3 Å². The van der Waals surface area contributed by atoms with E-state index in [1.165, 1.54) is 36.4 Å². The molecular formula is C14H9BrClNO4. The Morgan fingerprint density at radius 1 is 1.10 bits per heavy atom. The fraction of sp³-hybridized carbons (Fsp3) is 0. The smallest absolute Gasteiger partial charge is 0.335 e. The first-order chi connectivity index (χ1) is 9.88. The van der Waals surface area contributed by atoms with Crippen molar-refractivity contribution >= 4 is 45.1 Å². The fourth-order valence-corrected chi connectivity index (χ4v) is 2.12. The summed E-state index contributed by atoms with van der Waals surface area (Å²) < 4.78 is 0.547. The monoisotopic (exact) mass is 369 g/mol. The molecule has 0 atom stereocenters. The minimum absolute atomic E-state index is 0.0530. The van der Waals surface area contributed by atoms with E-state index >= 15 is 0 Å². The largest absolute Gasteiger partial charge is 0.506 e. The highest BCUT2D eigenvalue weighted by atomic mass is 79.9. The molecule has 0 bridgehead atoms. The van der Waals surface area contributed by atoms with Gasteiger partial charge in [-0.3, -0.25) is 4.79 Å². The Morgan fingerprint density at radius 3 is 2.38 bits per heavy atom. The Balaban J connectivity index is 2.28. The van der Waals surface area contributed by atoms with Crippen LogP contribution in [-0.4, -0.2) is 22.1 Å². The van der Waals surface area contributed by atoms with Gasteiger partial charge >= 0.3 is 5.97 Å². The third kappa shape index (κ3) is 3.53. The van der Waals surface area contributed by atoms with Crippen LogP contribution in [0, 0.1) is 0 Å². The predicted molar refractivity (Wildman–Crippen MR) is 82.2 cm³/mol. The van der Waals surface area contributed by atoms with Crippen molar-refractivity contribution in [2.45, 2.75) is 0 Å². The highest BCUT2D eigenvalue weighted by molar-refractivity contribution is 9.10. The van der Waals surface area contributed by atoms with Gasteiger partial charge in [0.2, 0.25) is 0 Å². The lowest BCUT2D eigenvalue weighted by molar-refractivity contribution is 0.0696. The summed E-state index contributed by atoms with van der Waals surface area (Å²) in [6.07, 6.45) is 0. The zero-order valence-corrected chi connectivity index (χ0v) is 12.8. The summed E-state index contributed by atoms with van der Waals surface area (Å²) in [6, 6.07) is 8.32. The molecule has 0 aliphatic heterocycles. The molecule has 3 N–H and O–H groups in total. The van der Waals surface area contributed by atoms with Crippen LogP contribution in [-0.2, 0) is 0 Å². The van der Waals surface area contributed by atoms with Crippen LogP contribution in [0.5, 0.6) is 5.75 Å². The maximum absolute atomic E-state index is 12.1. The van der Waals surface area contributed by atoms with Gasteiger partial charge < -0.3 is 15.5 Å². The third-order valence-electron chi connectivity index (χ3n) is 2.67. The number of rotatable bonds is 3. The van der Waals surface area contributed by atoms with E-state index in [1.54, 1.807) is 0 Å². The van der Waals surface area contributed by atoms with Gasteiger partial charge in [0.25, 0.3) is 5.91 Å². The average Bonchev–Trinajstić information content (AvgIpc) is 2.43. The lowest BCUT2D eigenvalue weighted by Gasteiger charge is -2.09. The van der Waals surface area contributed by atoms with Crippen LogP contribution in [0.15, 0.2) is 40.9 Å². The van der Waals surface area contributed by atoms with Gasteiger partial charge in [-0.1, -0.05) is 11.6 Å². The van der Waals surface area contributed by atoms with E-state index in [0.717, 1.165) is 0 Å². The third-order valence-corrected chi connectivity index (χ3v) is 3.67. The van der Waals surface area contributed by atoms with Crippen molar-refractivity contribution in [2.24, 2.45) is 0 Å². The second-order valence-electron chi connectivity index (χ2n) is 4.12. The van der Waals surface area contributed by atoms with E-state index in [-0.39, 0.29) is 21.9 Å². The number of amides is 1. The van der Waals surface area contributed by atoms with Crippen molar-refractivity contribution in [3.63, 3.8) is 0 Å². The van der Waals surface area contributed by atoms with Gasteiger partial charge in [0.05, 0.1) is 16.3 Å². The highest BCUT2D eigenvalue weighted by Gasteiger charge is 2.12. The molecule has 0 heterocycles. The minimum Gasteiger partial charge on any atom is -0.506 e. The van der Waals surface area contributed by atoms with Gasteiger partial charge in [-0.25, -0.2) is 4.79 Å². The van der Waals surface area contributed by atoms with E-state index in [0.29, 0.717) is 10.2 Å². The molecule has 0 radical (unpaired) electrons. The van der Waals surface area contributed by atoms with Crippen molar-refractivity contribution in [2.75, 3.05) is 5.32 Å². The number of carbonyl (C=O) groups excluding carboxylic acids is 1. The number of anilines is 1. The first-order valence-corrected chi connectivity index (χ1v) is 6.88. The van der Waals surface area contributed by atoms with E-state index in [4.69, 9.17) is 16.7 Å². The van der Waals surface area contributed by atoms with E-state index in [9.17, 15) is 14.7 Å². The maximum atomic E-state index is 12.1. The molecule has 7 heteroatoms. The first kappa shape index (κ1) is 15.3. The van der Waals surface area contributed by atoms with Crippen molar-refractivity contribution in [1.29, 1.82) is 0 Å². The molecule has 0 aromatic heterocycles. The topological polar surface area (TPSA) is 86.6 Å². The fourth-order valence-electron chi connectivity index (χ4n) is 1.60. The average molecular weight is 371 g/mol. The second kappa shape index (κ2) is 6.15. The summed E-state index contributed by atoms with van der Waals surface area (Å²) in [5.74, 6) is -1.69. The SMILES string of the molecule is O=C(O)c1ccc(Br)c(NC(=O)c2ccc(O)c(Cl)c2)c1. The number of halogens is 2. The van der Waals surface area contributed by atoms with E-state index in [1.807, 2.05) is 0 Å². The molecule has 0 unspecified atom stereocenters. The number of aromatic carboxylic acids is 1. The Labute approximate surface area is 133 Å². The van der Waals surface area contributed by atoms with Gasteiger partial charge in [-0.15, -0.1) is 0 Å². The molecular weight excluding hydrogens is 362 g/mol. The Bertz CT molecular complexity index is 733. The van der Waals surface area contributed by atoms with Crippen LogP contribution in [0.1, 0.15) is 20.7 Å². The van der Waals surface area contributed by atoms with Crippen molar-refractivity contribution in [3.8, 4) is 5.75 Å². The molecule has 0 spiro atoms. The molecule has 5 nitrogen and oxygen atoms in total. The number of aromatic hydroxyl groups is 1. The number of nitrogens with one attached hydrogen (secondary N) is 1. The molecule has 0 aliphatic rings. The van der Waals surface area contributed by atoms with Crippen LogP contribution < -0.4 is 5.32 Å². The number of phenolic OH excluding ortho intramolecular Hbond substituents is 1. The summed E-state index contributed by atoms with van der Waals surface area (Å²) in [4.78, 5) is 23.0. The number of carbonyl (C=O) groups is 2. The molecule has 0 aliphatic carbocycles. The minimum atomic E-state index is -1.09. The molecule has 2 rings (SSSR count). The maximum Gasteiger partial charge on any atom is 0.335 e. The lowest BCUT2D eigenvalue weighted by Crippen LogP contribution is -2.13. The summed E-state index contributed by atoms with van der Waals surface area (Å²) in [6.45, 7) is 0. The predicted octanol–water partition coefficient (Wildman–Crippen LogP) is 3.76. The number of benzene rings is 2. The summed E-state index contributed by atoms with van der Waals surface area (Å²) >= 11 is 8.97. The first-order valence-electron chi connectivity index (χ1n) is 5.71. The zero-order chi connectivity index (χ0) is 15.6. The van der Waals surface area contributed by atoms with Crippen LogP contribution >= 0.6 is 27.5 Å². The zero-order valence-electron chi connectivity index (χ0n) is 10.4. The molecule has 2 aromatic carbocycles. The van der Waals surface area contributed by atoms with E-state index in [2.05, 4.69) is 21.2 Å². The molecule has 0 fully saturated rings. The van der Waals surface area contributed by atoms with Gasteiger partial charge in [-0.2, -0.15) is 0 Å². The highest BCUT2D eigenvalue weighted by Crippen LogP contribution is 2.26. The Morgan fingerprint density at radius 2 is 1.76 bits per heavy atom. The van der Waals surface area contributed by atoms with Crippen molar-refractivity contribution in [1.82, 2.24) is 0 Å². The lowest BCUT2D eigenvalue weighted by atomic mass is 10.1. The van der Waals surface area contributed by atoms with Crippen LogP contribution in [0.3, 0.4) is 0 Å². The van der Waals surface area contributed by atoms with E-state index < -0.39 is 11.9 Å². The standard InChI is InChI=1S/C14H9BrClNO4/c15-9-3-1-8(14(20)21)6-11(9)17-13(19)7-2-4-12(18)10(16)5-7/h1-6,18H,(H,17,19)(H,20,21). The molecule has 1 amide bonds. The molecule has 0 saturated heterocycles. The Hall–Kier alpha value is -2.05. The van der Waals surface area contributed by atoms with Crippen LogP contribution in [0.25, 0.3) is 0 Å². The molecule has 108 valence electrons. The number of hydrogen-bond donors (Lipinski definition) is 3. The summed E-state index contributed by atoms with van der Waals surface area (Å²) in [5.41, 5.74) is 0.617. The van der Waals surface area contributed by atoms with Gasteiger partial charge in [0.15, 0.2) is 0 Å². The quantitative estimate of drug-likeness (QED) is 0.768. The number of phenols is 1. The summed E-state index contributed by atoms with van der Waals surface area (Å²) in [5, 5.41) is 20.9. The molecule has 0 saturated carbocycles. The summed E-state index contributed by atoms with van der Waals surface area (Å²) in [7, 11) is 0. The van der Waals surface area contributed by atoms with Crippen LogP contribution in [0.2, 0.25) is 5.02 Å². The number of carboxylic acid groups (broad SMARTS) is 1. The van der Waals surface area contributed by atoms with Gasteiger partial charge in [0.1, 0.15) is 5.75 Å². The van der Waals surface area contributed by atoms with Crippen molar-refractivity contribution in [3.05, 3.63) is 57.0 Å². The van der Waals surface area contributed by atoms with Crippen LogP contribution in [0.4, 0.5) is 5.69 Å². The van der Waals surface area contributed by atoms with Crippen molar-refractivity contribution < 1.29 is 19.8 Å².